The summed E-state index contributed by atoms with van der Waals surface area (Å²) < 4.78 is 9.18. The van der Waals surface area contributed by atoms with Crippen molar-refractivity contribution in [2.75, 3.05) is 13.7 Å². The molecule has 0 aliphatic heterocycles. The highest BCUT2D eigenvalue weighted by Gasteiger charge is 2.40. The molecule has 3 N–H and O–H groups in total. The summed E-state index contributed by atoms with van der Waals surface area (Å²) in [7, 11) is 1.00. The summed E-state index contributed by atoms with van der Waals surface area (Å²) in [5.74, 6) is -3.73. The van der Waals surface area contributed by atoms with Gasteiger partial charge in [-0.05, 0) is 24.3 Å². The van der Waals surface area contributed by atoms with Gasteiger partial charge < -0.3 is 24.8 Å². The van der Waals surface area contributed by atoms with Gasteiger partial charge in [0, 0.05) is 5.56 Å². The van der Waals surface area contributed by atoms with E-state index in [0.717, 1.165) is 7.11 Å². The third kappa shape index (κ3) is 4.02. The van der Waals surface area contributed by atoms with Gasteiger partial charge in [-0.1, -0.05) is 0 Å². The number of aliphatic hydroxyl groups excluding tert-OH is 1. The summed E-state index contributed by atoms with van der Waals surface area (Å²) in [5, 5.41) is 28.2. The molecule has 7 nitrogen and oxygen atoms in total. The minimum atomic E-state index is -2.78. The van der Waals surface area contributed by atoms with Crippen molar-refractivity contribution in [3.63, 3.8) is 0 Å². The molecule has 104 valence electrons. The molecule has 0 bridgehead atoms. The van der Waals surface area contributed by atoms with Crippen LogP contribution in [0.15, 0.2) is 24.3 Å². The highest BCUT2D eigenvalue weighted by Crippen LogP contribution is 2.15. The van der Waals surface area contributed by atoms with Crippen molar-refractivity contribution in [1.29, 1.82) is 0 Å². The largest absolute Gasteiger partial charge is 0.488 e. The predicted octanol–water partition coefficient (Wildman–Crippen LogP) is -0.907. The van der Waals surface area contributed by atoms with Gasteiger partial charge >= 0.3 is 5.97 Å². The molecule has 0 amide bonds. The lowest BCUT2D eigenvalue weighted by Crippen LogP contribution is -2.51. The molecule has 1 aromatic carbocycles. The van der Waals surface area contributed by atoms with Crippen molar-refractivity contribution in [2.24, 2.45) is 0 Å². The van der Waals surface area contributed by atoms with Crippen molar-refractivity contribution in [3.8, 4) is 5.75 Å². The second kappa shape index (κ2) is 6.28. The first-order chi connectivity index (χ1) is 8.90. The number of ether oxygens (including phenoxy) is 2. The van der Waals surface area contributed by atoms with Crippen molar-refractivity contribution >= 4 is 12.3 Å². The topological polar surface area (TPSA) is 113 Å². The molecule has 19 heavy (non-hydrogen) atoms. The Morgan fingerprint density at radius 2 is 1.95 bits per heavy atom. The Morgan fingerprint density at radius 1 is 1.37 bits per heavy atom. The van der Waals surface area contributed by atoms with E-state index in [2.05, 4.69) is 4.74 Å². The fourth-order valence-corrected chi connectivity index (χ4v) is 1.21. The van der Waals surface area contributed by atoms with Crippen LogP contribution in [0, 0.1) is 0 Å². The molecule has 0 radical (unpaired) electrons. The number of hydrogen-bond donors (Lipinski definition) is 3. The van der Waals surface area contributed by atoms with Crippen molar-refractivity contribution in [1.82, 2.24) is 0 Å². The second-order valence-corrected chi connectivity index (χ2v) is 3.78. The fraction of sp³-hybridized carbons (Fsp3) is 0.333. The maximum Gasteiger partial charge on any atom is 0.340 e. The van der Waals surface area contributed by atoms with E-state index in [0.29, 0.717) is 11.8 Å². The van der Waals surface area contributed by atoms with E-state index in [1.54, 1.807) is 0 Å². The molecule has 1 rings (SSSR count). The van der Waals surface area contributed by atoms with Crippen LogP contribution in [0.5, 0.6) is 5.75 Å². The molecule has 0 fully saturated rings. The molecule has 0 heterocycles. The Labute approximate surface area is 109 Å². The molecule has 7 heteroatoms. The smallest absolute Gasteiger partial charge is 0.340 e. The van der Waals surface area contributed by atoms with Gasteiger partial charge in [-0.2, -0.15) is 0 Å². The van der Waals surface area contributed by atoms with Crippen LogP contribution in [0.25, 0.3) is 0 Å². The Kier molecular flexibility index (Phi) is 4.99. The summed E-state index contributed by atoms with van der Waals surface area (Å²) in [6, 6.07) is 5.81. The number of carbonyl (C=O) groups is 2. The van der Waals surface area contributed by atoms with E-state index in [4.69, 9.17) is 4.74 Å². The van der Waals surface area contributed by atoms with Gasteiger partial charge in [0.1, 0.15) is 18.6 Å². The molecule has 0 aromatic heterocycles. The number of rotatable bonds is 6. The lowest BCUT2D eigenvalue weighted by atomic mass is 10.1. The summed E-state index contributed by atoms with van der Waals surface area (Å²) in [6.07, 6.45) is -1.50. The van der Waals surface area contributed by atoms with Crippen LogP contribution >= 0.6 is 0 Å². The lowest BCUT2D eigenvalue weighted by molar-refractivity contribution is -0.242. The number of esters is 1. The maximum absolute atomic E-state index is 11.0. The van der Waals surface area contributed by atoms with Crippen LogP contribution < -0.4 is 4.74 Å². The van der Waals surface area contributed by atoms with E-state index in [9.17, 15) is 24.9 Å². The highest BCUT2D eigenvalue weighted by atomic mass is 16.6. The normalized spacial score (nSPS) is 12.6. The molecular weight excluding hydrogens is 256 g/mol. The molecule has 0 aliphatic rings. The van der Waals surface area contributed by atoms with Gasteiger partial charge in [0.15, 0.2) is 0 Å². The van der Waals surface area contributed by atoms with Crippen LogP contribution in [0.4, 0.5) is 0 Å². The zero-order valence-corrected chi connectivity index (χ0v) is 10.1. The number of carbonyl (C=O) groups excluding carboxylic acids is 2. The molecule has 0 aliphatic carbocycles. The molecule has 0 saturated heterocycles. The SMILES string of the molecule is COC(=O)C(O)C(O)(O)COc1ccc(C=O)cc1. The molecule has 1 aromatic rings. The fourth-order valence-electron chi connectivity index (χ4n) is 1.21. The average Bonchev–Trinajstić information content (AvgIpc) is 2.44. The number of aldehydes is 1. The van der Waals surface area contributed by atoms with E-state index in [-0.39, 0.29) is 5.75 Å². The maximum atomic E-state index is 11.0. The van der Waals surface area contributed by atoms with Crippen molar-refractivity contribution in [3.05, 3.63) is 29.8 Å². The Morgan fingerprint density at radius 3 is 2.42 bits per heavy atom. The molecule has 1 atom stereocenters. The number of benzene rings is 1. The lowest BCUT2D eigenvalue weighted by Gasteiger charge is -2.25. The molecule has 0 spiro atoms. The van der Waals surface area contributed by atoms with Gasteiger partial charge in [-0.3, -0.25) is 4.79 Å². The predicted molar refractivity (Wildman–Crippen MR) is 62.5 cm³/mol. The van der Waals surface area contributed by atoms with Gasteiger partial charge in [0.2, 0.25) is 11.9 Å². The van der Waals surface area contributed by atoms with Gasteiger partial charge in [-0.15, -0.1) is 0 Å². The van der Waals surface area contributed by atoms with Crippen LogP contribution in [-0.2, 0) is 9.53 Å². The van der Waals surface area contributed by atoms with Gasteiger partial charge in [0.05, 0.1) is 7.11 Å². The van der Waals surface area contributed by atoms with Gasteiger partial charge in [0.25, 0.3) is 0 Å². The van der Waals surface area contributed by atoms with E-state index < -0.39 is 24.5 Å². The highest BCUT2D eigenvalue weighted by molar-refractivity contribution is 5.75. The second-order valence-electron chi connectivity index (χ2n) is 3.78. The number of hydrogen-bond acceptors (Lipinski definition) is 7. The quantitative estimate of drug-likeness (QED) is 0.348. The summed E-state index contributed by atoms with van der Waals surface area (Å²) in [6.45, 7) is -0.746. The minimum Gasteiger partial charge on any atom is -0.488 e. The Bertz CT molecular complexity index is 438. The van der Waals surface area contributed by atoms with Crippen molar-refractivity contribution in [2.45, 2.75) is 11.9 Å². The summed E-state index contributed by atoms with van der Waals surface area (Å²) in [5.41, 5.74) is 0.432. The molecule has 1 unspecified atom stereocenters. The first-order valence-corrected chi connectivity index (χ1v) is 5.29. The van der Waals surface area contributed by atoms with Crippen LogP contribution in [-0.4, -0.2) is 53.2 Å². The third-order valence-electron chi connectivity index (χ3n) is 2.33. The number of aliphatic hydroxyl groups is 3. The molecular formula is C12H14O7. The first-order valence-electron chi connectivity index (χ1n) is 5.29. The first kappa shape index (κ1) is 15.1. The van der Waals surface area contributed by atoms with Crippen LogP contribution in [0.2, 0.25) is 0 Å². The van der Waals surface area contributed by atoms with E-state index in [1.165, 1.54) is 24.3 Å². The third-order valence-corrected chi connectivity index (χ3v) is 2.33. The minimum absolute atomic E-state index is 0.246. The summed E-state index contributed by atoms with van der Waals surface area (Å²) in [4.78, 5) is 21.4. The monoisotopic (exact) mass is 270 g/mol. The summed E-state index contributed by atoms with van der Waals surface area (Å²) >= 11 is 0. The van der Waals surface area contributed by atoms with Gasteiger partial charge in [-0.25, -0.2) is 4.79 Å². The molecule has 0 saturated carbocycles. The van der Waals surface area contributed by atoms with E-state index >= 15 is 0 Å². The Balaban J connectivity index is 2.63. The Hall–Kier alpha value is -1.96. The number of methoxy groups -OCH3 is 1. The van der Waals surface area contributed by atoms with E-state index in [1.807, 2.05) is 0 Å². The standard InChI is InChI=1S/C12H14O7/c1-18-11(15)10(14)12(16,17)7-19-9-4-2-8(6-13)3-5-9/h2-6,10,14,16-17H,7H2,1H3. The zero-order chi connectivity index (χ0) is 14.5. The van der Waals surface area contributed by atoms with Crippen LogP contribution in [0.3, 0.4) is 0 Å². The van der Waals surface area contributed by atoms with Crippen LogP contribution in [0.1, 0.15) is 10.4 Å². The van der Waals surface area contributed by atoms with Crippen molar-refractivity contribution < 1.29 is 34.4 Å². The zero-order valence-electron chi connectivity index (χ0n) is 10.1. The average molecular weight is 270 g/mol.